The van der Waals surface area contributed by atoms with Gasteiger partial charge in [-0.25, -0.2) is 4.39 Å². The first-order chi connectivity index (χ1) is 9.49. The quantitative estimate of drug-likeness (QED) is 0.662. The third kappa shape index (κ3) is 3.21. The molecular weight excluding hydrogens is 302 g/mol. The van der Waals surface area contributed by atoms with Gasteiger partial charge >= 0.3 is 0 Å². The normalized spacial score (nSPS) is 10.3. The molecule has 0 atom stereocenters. The fraction of sp³-hybridized carbons (Fsp3) is 0.0714. The predicted molar refractivity (Wildman–Crippen MR) is 78.2 cm³/mol. The fourth-order valence-electron chi connectivity index (χ4n) is 1.70. The van der Waals surface area contributed by atoms with Gasteiger partial charge in [-0.1, -0.05) is 35.3 Å². The van der Waals surface area contributed by atoms with Crippen molar-refractivity contribution in [1.29, 1.82) is 5.41 Å². The van der Waals surface area contributed by atoms with Crippen LogP contribution in [0.5, 0.6) is 5.75 Å². The lowest BCUT2D eigenvalue weighted by molar-refractivity contribution is 0.306. The highest BCUT2D eigenvalue weighted by Crippen LogP contribution is 2.33. The highest BCUT2D eigenvalue weighted by Gasteiger charge is 2.11. The van der Waals surface area contributed by atoms with E-state index in [1.165, 1.54) is 18.2 Å². The number of ether oxygens (including phenoxy) is 1. The second-order valence-corrected chi connectivity index (χ2v) is 4.87. The zero-order chi connectivity index (χ0) is 14.7. The van der Waals surface area contributed by atoms with Gasteiger partial charge in [-0.05, 0) is 24.3 Å². The van der Waals surface area contributed by atoms with Gasteiger partial charge < -0.3 is 10.5 Å². The van der Waals surface area contributed by atoms with Crippen LogP contribution in [0.15, 0.2) is 36.4 Å². The van der Waals surface area contributed by atoms with Gasteiger partial charge in [0.05, 0.1) is 10.0 Å². The molecule has 0 aromatic heterocycles. The number of hydrogen-bond acceptors (Lipinski definition) is 2. The topological polar surface area (TPSA) is 59.1 Å². The van der Waals surface area contributed by atoms with Crippen molar-refractivity contribution in [3.8, 4) is 5.75 Å². The average molecular weight is 313 g/mol. The number of hydrogen-bond donors (Lipinski definition) is 2. The zero-order valence-corrected chi connectivity index (χ0v) is 11.8. The van der Waals surface area contributed by atoms with E-state index in [-0.39, 0.29) is 18.0 Å². The first kappa shape index (κ1) is 14.6. The highest BCUT2D eigenvalue weighted by atomic mass is 35.5. The van der Waals surface area contributed by atoms with Crippen LogP contribution < -0.4 is 10.5 Å². The summed E-state index contributed by atoms with van der Waals surface area (Å²) in [6.45, 7) is 0.0820. The van der Waals surface area contributed by atoms with E-state index in [0.29, 0.717) is 21.4 Å². The van der Waals surface area contributed by atoms with Crippen molar-refractivity contribution < 1.29 is 9.13 Å². The molecule has 0 fully saturated rings. The molecule has 0 unspecified atom stereocenters. The van der Waals surface area contributed by atoms with Gasteiger partial charge in [0.25, 0.3) is 0 Å². The SMILES string of the molecule is N=C(N)c1cc(F)ccc1COc1c(Cl)cccc1Cl. The average Bonchev–Trinajstić information content (AvgIpc) is 2.39. The van der Waals surface area contributed by atoms with Crippen molar-refractivity contribution in [3.05, 3.63) is 63.4 Å². The van der Waals surface area contributed by atoms with Crippen LogP contribution in [0.25, 0.3) is 0 Å². The number of nitrogens with one attached hydrogen (secondary N) is 1. The van der Waals surface area contributed by atoms with Crippen LogP contribution >= 0.6 is 23.2 Å². The van der Waals surface area contributed by atoms with Crippen LogP contribution in [0, 0.1) is 11.2 Å². The Kier molecular flexibility index (Phi) is 4.47. The van der Waals surface area contributed by atoms with Crippen molar-refractivity contribution >= 4 is 29.0 Å². The molecule has 0 saturated heterocycles. The van der Waals surface area contributed by atoms with Gasteiger partial charge in [0.1, 0.15) is 18.3 Å². The molecule has 0 aliphatic rings. The number of nitrogens with two attached hydrogens (primary N) is 1. The summed E-state index contributed by atoms with van der Waals surface area (Å²) in [4.78, 5) is 0. The number of amidine groups is 1. The molecule has 0 saturated carbocycles. The molecule has 0 heterocycles. The Morgan fingerprint density at radius 2 is 1.85 bits per heavy atom. The molecular formula is C14H11Cl2FN2O. The molecule has 0 amide bonds. The Labute approximate surface area is 125 Å². The number of nitrogen functional groups attached to an aromatic ring is 1. The molecule has 0 aliphatic carbocycles. The Bertz CT molecular complexity index is 641. The lowest BCUT2D eigenvalue weighted by Gasteiger charge is -2.12. The molecule has 20 heavy (non-hydrogen) atoms. The lowest BCUT2D eigenvalue weighted by Crippen LogP contribution is -2.15. The molecule has 0 spiro atoms. The van der Waals surface area contributed by atoms with Crippen molar-refractivity contribution in [2.24, 2.45) is 5.73 Å². The van der Waals surface area contributed by atoms with Crippen molar-refractivity contribution in [2.45, 2.75) is 6.61 Å². The van der Waals surface area contributed by atoms with Gasteiger partial charge in [0.15, 0.2) is 5.75 Å². The largest absolute Gasteiger partial charge is 0.486 e. The van der Waals surface area contributed by atoms with Crippen molar-refractivity contribution in [1.82, 2.24) is 0 Å². The Balaban J connectivity index is 2.25. The van der Waals surface area contributed by atoms with E-state index in [1.807, 2.05) is 0 Å². The summed E-state index contributed by atoms with van der Waals surface area (Å²) in [6, 6.07) is 8.99. The van der Waals surface area contributed by atoms with Crippen molar-refractivity contribution in [2.75, 3.05) is 0 Å². The maximum absolute atomic E-state index is 13.2. The molecule has 2 rings (SSSR count). The number of halogens is 3. The Morgan fingerprint density at radius 3 is 2.45 bits per heavy atom. The van der Waals surface area contributed by atoms with E-state index < -0.39 is 5.82 Å². The van der Waals surface area contributed by atoms with E-state index in [2.05, 4.69) is 0 Å². The van der Waals surface area contributed by atoms with Crippen molar-refractivity contribution in [3.63, 3.8) is 0 Å². The second kappa shape index (κ2) is 6.11. The van der Waals surface area contributed by atoms with Crippen LogP contribution in [0.1, 0.15) is 11.1 Å². The van der Waals surface area contributed by atoms with E-state index in [9.17, 15) is 4.39 Å². The smallest absolute Gasteiger partial charge is 0.156 e. The summed E-state index contributed by atoms with van der Waals surface area (Å²) in [5, 5.41) is 8.20. The summed E-state index contributed by atoms with van der Waals surface area (Å²) < 4.78 is 18.7. The molecule has 6 heteroatoms. The third-order valence-corrected chi connectivity index (χ3v) is 3.25. The minimum Gasteiger partial charge on any atom is -0.486 e. The van der Waals surface area contributed by atoms with Gasteiger partial charge in [0, 0.05) is 11.1 Å². The van der Waals surface area contributed by atoms with E-state index in [0.717, 1.165) is 0 Å². The van der Waals surface area contributed by atoms with Crippen LogP contribution in [-0.2, 0) is 6.61 Å². The highest BCUT2D eigenvalue weighted by molar-refractivity contribution is 6.37. The van der Waals surface area contributed by atoms with Gasteiger partial charge in [-0.2, -0.15) is 0 Å². The zero-order valence-electron chi connectivity index (χ0n) is 10.3. The van der Waals surface area contributed by atoms with E-state index >= 15 is 0 Å². The third-order valence-electron chi connectivity index (χ3n) is 2.65. The first-order valence-electron chi connectivity index (χ1n) is 5.68. The molecule has 3 N–H and O–H groups in total. The monoisotopic (exact) mass is 312 g/mol. The summed E-state index contributed by atoms with van der Waals surface area (Å²) >= 11 is 12.0. The minimum absolute atomic E-state index is 0.0820. The maximum Gasteiger partial charge on any atom is 0.156 e. The molecule has 104 valence electrons. The Hall–Kier alpha value is -1.78. The fourth-order valence-corrected chi connectivity index (χ4v) is 2.20. The lowest BCUT2D eigenvalue weighted by atomic mass is 10.1. The van der Waals surface area contributed by atoms with Gasteiger partial charge in [-0.15, -0.1) is 0 Å². The molecule has 3 nitrogen and oxygen atoms in total. The van der Waals surface area contributed by atoms with E-state index in [4.69, 9.17) is 39.1 Å². The molecule has 2 aromatic carbocycles. The molecule has 0 radical (unpaired) electrons. The van der Waals surface area contributed by atoms with Crippen LogP contribution in [0.3, 0.4) is 0 Å². The number of benzene rings is 2. The van der Waals surface area contributed by atoms with Crippen LogP contribution in [0.2, 0.25) is 10.0 Å². The first-order valence-corrected chi connectivity index (χ1v) is 6.44. The predicted octanol–water partition coefficient (Wildman–Crippen LogP) is 4.00. The number of rotatable bonds is 4. The molecule has 2 aromatic rings. The summed E-state index contributed by atoms with van der Waals surface area (Å²) in [5.74, 6) is -0.349. The van der Waals surface area contributed by atoms with Gasteiger partial charge in [0.2, 0.25) is 0 Å². The second-order valence-electron chi connectivity index (χ2n) is 4.05. The van der Waals surface area contributed by atoms with Crippen LogP contribution in [-0.4, -0.2) is 5.84 Å². The van der Waals surface area contributed by atoms with Crippen LogP contribution in [0.4, 0.5) is 4.39 Å². The Morgan fingerprint density at radius 1 is 1.20 bits per heavy atom. The minimum atomic E-state index is -0.463. The number of para-hydroxylation sites is 1. The molecule has 0 bridgehead atoms. The maximum atomic E-state index is 13.2. The standard InChI is InChI=1S/C14H11Cl2FN2O/c15-11-2-1-3-12(16)13(11)20-7-8-4-5-9(17)6-10(8)14(18)19/h1-6H,7H2,(H3,18,19). The summed E-state index contributed by atoms with van der Waals surface area (Å²) in [7, 11) is 0. The van der Waals surface area contributed by atoms with Gasteiger partial charge in [-0.3, -0.25) is 5.41 Å². The van der Waals surface area contributed by atoms with E-state index in [1.54, 1.807) is 18.2 Å². The summed E-state index contributed by atoms with van der Waals surface area (Å²) in [6.07, 6.45) is 0. The summed E-state index contributed by atoms with van der Waals surface area (Å²) in [5.41, 5.74) is 6.29. The molecule has 0 aliphatic heterocycles.